The highest BCUT2D eigenvalue weighted by Crippen LogP contribution is 2.15. The number of hydrogen-bond acceptors (Lipinski definition) is 4. The molecule has 1 heterocycles. The molecular weight excluding hydrogens is 228 g/mol. The second-order valence-electron chi connectivity index (χ2n) is 3.42. The van der Waals surface area contributed by atoms with E-state index in [-0.39, 0.29) is 11.4 Å². The highest BCUT2D eigenvalue weighted by atomic mass is 32.2. The Bertz CT molecular complexity index is 479. The molecule has 0 amide bonds. The van der Waals surface area contributed by atoms with Gasteiger partial charge in [-0.2, -0.15) is 10.4 Å². The molecule has 0 aliphatic rings. The Labute approximate surface area is 94.7 Å². The Morgan fingerprint density at radius 2 is 2.19 bits per heavy atom. The first-order valence-corrected chi connectivity index (χ1v) is 6.35. The molecule has 0 spiro atoms. The molecule has 0 bridgehead atoms. The molecule has 0 aromatic carbocycles. The summed E-state index contributed by atoms with van der Waals surface area (Å²) in [4.78, 5) is 0.199. The minimum Gasteiger partial charge on any atom is -0.281 e. The maximum absolute atomic E-state index is 11.8. The molecule has 0 fully saturated rings. The minimum atomic E-state index is -3.51. The van der Waals surface area contributed by atoms with Crippen molar-refractivity contribution < 1.29 is 8.42 Å². The predicted molar refractivity (Wildman–Crippen MR) is 58.1 cm³/mol. The molecule has 0 saturated heterocycles. The van der Waals surface area contributed by atoms with Crippen LogP contribution in [0, 0.1) is 25.2 Å². The van der Waals surface area contributed by atoms with Gasteiger partial charge < -0.3 is 0 Å². The van der Waals surface area contributed by atoms with E-state index < -0.39 is 10.0 Å². The SMILES string of the molecule is Cc1n[nH]c(C)c1S(=O)(=O)NCCCC#N. The molecule has 0 aliphatic carbocycles. The second-order valence-corrected chi connectivity index (χ2v) is 5.13. The summed E-state index contributed by atoms with van der Waals surface area (Å²) in [5, 5.41) is 14.8. The van der Waals surface area contributed by atoms with Gasteiger partial charge in [0.25, 0.3) is 0 Å². The number of H-pyrrole nitrogens is 1. The standard InChI is InChI=1S/C9H14N4O2S/c1-7-9(8(2)13-12-7)16(14,15)11-6-4-3-5-10/h11H,3-4,6H2,1-2H3,(H,12,13). The van der Waals surface area contributed by atoms with Gasteiger partial charge in [-0.15, -0.1) is 0 Å². The third-order valence-electron chi connectivity index (χ3n) is 2.09. The number of nitrogens with zero attached hydrogens (tertiary/aromatic N) is 2. The average molecular weight is 242 g/mol. The quantitative estimate of drug-likeness (QED) is 0.739. The highest BCUT2D eigenvalue weighted by Gasteiger charge is 2.21. The Morgan fingerprint density at radius 1 is 1.50 bits per heavy atom. The first kappa shape index (κ1) is 12.7. The monoisotopic (exact) mass is 242 g/mol. The van der Waals surface area contributed by atoms with Gasteiger partial charge in [0, 0.05) is 13.0 Å². The van der Waals surface area contributed by atoms with Crippen LogP contribution in [-0.4, -0.2) is 25.2 Å². The van der Waals surface area contributed by atoms with Crippen LogP contribution in [0.25, 0.3) is 0 Å². The smallest absolute Gasteiger partial charge is 0.244 e. The molecule has 6 nitrogen and oxygen atoms in total. The minimum absolute atomic E-state index is 0.199. The van der Waals surface area contributed by atoms with E-state index in [1.807, 2.05) is 6.07 Å². The summed E-state index contributed by atoms with van der Waals surface area (Å²) < 4.78 is 26.1. The van der Waals surface area contributed by atoms with Crippen LogP contribution in [0.4, 0.5) is 0 Å². The molecule has 0 unspecified atom stereocenters. The molecule has 0 saturated carbocycles. The Kier molecular flexibility index (Phi) is 4.04. The lowest BCUT2D eigenvalue weighted by Gasteiger charge is -2.05. The maximum atomic E-state index is 11.8. The number of aromatic nitrogens is 2. The fraction of sp³-hybridized carbons (Fsp3) is 0.556. The fourth-order valence-electron chi connectivity index (χ4n) is 1.38. The number of rotatable bonds is 5. The molecule has 1 aromatic heterocycles. The Morgan fingerprint density at radius 3 is 2.69 bits per heavy atom. The van der Waals surface area contributed by atoms with E-state index in [1.54, 1.807) is 13.8 Å². The van der Waals surface area contributed by atoms with Gasteiger partial charge in [-0.1, -0.05) is 0 Å². The summed E-state index contributed by atoms with van der Waals surface area (Å²) in [7, 11) is -3.51. The van der Waals surface area contributed by atoms with Gasteiger partial charge in [-0.3, -0.25) is 5.10 Å². The number of aromatic amines is 1. The zero-order chi connectivity index (χ0) is 12.2. The van der Waals surface area contributed by atoms with E-state index in [0.717, 1.165) is 0 Å². The average Bonchev–Trinajstić information content (AvgIpc) is 2.54. The first-order chi connectivity index (χ1) is 7.49. The predicted octanol–water partition coefficient (Wildman–Crippen LogP) is 0.609. The third-order valence-corrected chi connectivity index (χ3v) is 3.81. The van der Waals surface area contributed by atoms with Gasteiger partial charge in [0.15, 0.2) is 0 Å². The first-order valence-electron chi connectivity index (χ1n) is 4.87. The zero-order valence-corrected chi connectivity index (χ0v) is 10.1. The van der Waals surface area contributed by atoms with E-state index in [1.165, 1.54) is 0 Å². The van der Waals surface area contributed by atoms with Gasteiger partial charge in [0.05, 0.1) is 17.5 Å². The van der Waals surface area contributed by atoms with Crippen LogP contribution in [0.3, 0.4) is 0 Å². The molecule has 0 aliphatic heterocycles. The lowest BCUT2D eigenvalue weighted by atomic mass is 10.3. The van der Waals surface area contributed by atoms with Crippen molar-refractivity contribution in [3.05, 3.63) is 11.4 Å². The number of sulfonamides is 1. The molecule has 2 N–H and O–H groups in total. The molecule has 88 valence electrons. The number of nitrogens with one attached hydrogen (secondary N) is 2. The van der Waals surface area contributed by atoms with E-state index in [4.69, 9.17) is 5.26 Å². The van der Waals surface area contributed by atoms with Gasteiger partial charge in [-0.05, 0) is 20.3 Å². The van der Waals surface area contributed by atoms with E-state index in [9.17, 15) is 8.42 Å². The second kappa shape index (κ2) is 5.09. The van der Waals surface area contributed by atoms with Crippen molar-refractivity contribution in [2.75, 3.05) is 6.54 Å². The number of hydrogen-bond donors (Lipinski definition) is 2. The van der Waals surface area contributed by atoms with Crippen molar-refractivity contribution in [1.82, 2.24) is 14.9 Å². The normalized spacial score (nSPS) is 11.3. The van der Waals surface area contributed by atoms with E-state index >= 15 is 0 Å². The topological polar surface area (TPSA) is 98.6 Å². The van der Waals surface area contributed by atoms with Crippen LogP contribution in [0.1, 0.15) is 24.2 Å². The van der Waals surface area contributed by atoms with E-state index in [0.29, 0.717) is 24.2 Å². The van der Waals surface area contributed by atoms with Crippen molar-refractivity contribution in [3.8, 4) is 6.07 Å². The number of aryl methyl sites for hydroxylation is 2. The summed E-state index contributed by atoms with van der Waals surface area (Å²) in [6, 6.07) is 1.96. The van der Waals surface area contributed by atoms with Crippen LogP contribution < -0.4 is 4.72 Å². The van der Waals surface area contributed by atoms with Crippen molar-refractivity contribution in [1.29, 1.82) is 5.26 Å². The van der Waals surface area contributed by atoms with Gasteiger partial charge in [0.1, 0.15) is 4.90 Å². The molecule has 1 aromatic rings. The van der Waals surface area contributed by atoms with Crippen molar-refractivity contribution >= 4 is 10.0 Å². The zero-order valence-electron chi connectivity index (χ0n) is 9.24. The van der Waals surface area contributed by atoms with E-state index in [2.05, 4.69) is 14.9 Å². The van der Waals surface area contributed by atoms with Crippen molar-refractivity contribution in [3.63, 3.8) is 0 Å². The Balaban J connectivity index is 2.76. The molecule has 1 rings (SSSR count). The largest absolute Gasteiger partial charge is 0.281 e. The molecule has 16 heavy (non-hydrogen) atoms. The van der Waals surface area contributed by atoms with Gasteiger partial charge in [-0.25, -0.2) is 13.1 Å². The van der Waals surface area contributed by atoms with Crippen molar-refractivity contribution in [2.24, 2.45) is 0 Å². The van der Waals surface area contributed by atoms with Crippen LogP contribution in [0.15, 0.2) is 4.90 Å². The molecular formula is C9H14N4O2S. The summed E-state index contributed by atoms with van der Waals surface area (Å²) in [6.07, 6.45) is 0.845. The number of nitriles is 1. The summed E-state index contributed by atoms with van der Waals surface area (Å²) in [5.74, 6) is 0. The molecule has 7 heteroatoms. The van der Waals surface area contributed by atoms with Crippen LogP contribution in [-0.2, 0) is 10.0 Å². The van der Waals surface area contributed by atoms with Crippen LogP contribution in [0.5, 0.6) is 0 Å². The molecule has 0 radical (unpaired) electrons. The summed E-state index contributed by atoms with van der Waals surface area (Å²) in [6.45, 7) is 3.55. The summed E-state index contributed by atoms with van der Waals surface area (Å²) >= 11 is 0. The lowest BCUT2D eigenvalue weighted by molar-refractivity contribution is 0.578. The van der Waals surface area contributed by atoms with Crippen molar-refractivity contribution in [2.45, 2.75) is 31.6 Å². The van der Waals surface area contributed by atoms with Gasteiger partial charge in [0.2, 0.25) is 10.0 Å². The summed E-state index contributed by atoms with van der Waals surface area (Å²) in [5.41, 5.74) is 0.968. The Hall–Kier alpha value is -1.39. The maximum Gasteiger partial charge on any atom is 0.244 e. The molecule has 0 atom stereocenters. The number of unbranched alkanes of at least 4 members (excludes halogenated alkanes) is 1. The van der Waals surface area contributed by atoms with Gasteiger partial charge >= 0.3 is 0 Å². The fourth-order valence-corrected chi connectivity index (χ4v) is 2.82. The highest BCUT2D eigenvalue weighted by molar-refractivity contribution is 7.89. The third kappa shape index (κ3) is 2.81. The lowest BCUT2D eigenvalue weighted by Crippen LogP contribution is -2.25. The van der Waals surface area contributed by atoms with Crippen LogP contribution >= 0.6 is 0 Å². The van der Waals surface area contributed by atoms with Crippen LogP contribution in [0.2, 0.25) is 0 Å².